The average molecular weight is 284 g/mol. The smallest absolute Gasteiger partial charge is 0.256 e. The number of hydrogen-bond acceptors (Lipinski definition) is 2. The second-order valence-electron chi connectivity index (χ2n) is 4.96. The maximum Gasteiger partial charge on any atom is 0.256 e. The lowest BCUT2D eigenvalue weighted by Gasteiger charge is -2.15. The van der Waals surface area contributed by atoms with Crippen molar-refractivity contribution in [3.63, 3.8) is 0 Å². The van der Waals surface area contributed by atoms with Crippen LogP contribution in [0.2, 0.25) is 0 Å². The lowest BCUT2D eigenvalue weighted by molar-refractivity contribution is 0.0787. The molecular formula is C16H16N2OS. The van der Waals surface area contributed by atoms with E-state index in [1.165, 1.54) is 5.56 Å². The minimum atomic E-state index is 0.0630. The molecule has 1 amide bonds. The summed E-state index contributed by atoms with van der Waals surface area (Å²) in [4.78, 5) is 14.4. The lowest BCUT2D eigenvalue weighted by atomic mass is 10.1. The number of hydrogen-bond donors (Lipinski definition) is 0. The molecule has 3 nitrogen and oxygen atoms in total. The van der Waals surface area contributed by atoms with Crippen LogP contribution in [0.4, 0.5) is 0 Å². The van der Waals surface area contributed by atoms with Crippen molar-refractivity contribution in [3.8, 4) is 0 Å². The van der Waals surface area contributed by atoms with Crippen molar-refractivity contribution in [3.05, 3.63) is 58.4 Å². The number of carbonyl (C=O) groups is 1. The van der Waals surface area contributed by atoms with Crippen molar-refractivity contribution in [1.82, 2.24) is 9.47 Å². The molecule has 0 fully saturated rings. The summed E-state index contributed by atoms with van der Waals surface area (Å²) in [6, 6.07) is 10.0. The number of benzene rings is 1. The van der Waals surface area contributed by atoms with Crippen LogP contribution in [0.1, 0.15) is 15.9 Å². The maximum absolute atomic E-state index is 12.6. The first-order chi connectivity index (χ1) is 9.66. The third-order valence-corrected chi connectivity index (χ3v) is 4.21. The number of fused-ring (bicyclic) bond motifs is 1. The molecule has 0 aliphatic heterocycles. The largest absolute Gasteiger partial charge is 0.350 e. The highest BCUT2D eigenvalue weighted by Gasteiger charge is 2.17. The molecule has 20 heavy (non-hydrogen) atoms. The average Bonchev–Trinajstić information content (AvgIpc) is 3.07. The number of aromatic nitrogens is 1. The van der Waals surface area contributed by atoms with Crippen LogP contribution in [0.3, 0.4) is 0 Å². The van der Waals surface area contributed by atoms with Gasteiger partial charge in [0, 0.05) is 37.7 Å². The van der Waals surface area contributed by atoms with Crippen molar-refractivity contribution < 1.29 is 4.79 Å². The van der Waals surface area contributed by atoms with E-state index in [9.17, 15) is 4.79 Å². The van der Waals surface area contributed by atoms with Crippen LogP contribution in [0, 0.1) is 0 Å². The molecule has 0 unspecified atom stereocenters. The molecule has 0 spiro atoms. The van der Waals surface area contributed by atoms with E-state index in [1.54, 1.807) is 16.2 Å². The zero-order valence-corrected chi connectivity index (χ0v) is 12.4. The molecule has 0 bridgehead atoms. The van der Waals surface area contributed by atoms with Gasteiger partial charge in [0.1, 0.15) is 0 Å². The van der Waals surface area contributed by atoms with E-state index in [0.717, 1.165) is 16.5 Å². The summed E-state index contributed by atoms with van der Waals surface area (Å²) in [7, 11) is 3.82. The molecule has 2 aromatic heterocycles. The number of thiophene rings is 1. The molecule has 0 N–H and O–H groups in total. The number of para-hydroxylation sites is 1. The first-order valence-corrected chi connectivity index (χ1v) is 7.41. The molecule has 2 heterocycles. The summed E-state index contributed by atoms with van der Waals surface area (Å²) in [5, 5.41) is 5.12. The standard InChI is InChI=1S/C16H16N2OS/c1-17-10-14(13-5-3-4-6-15(13)17)16(19)18(2)9-12-7-8-20-11-12/h3-8,10-11H,9H2,1-2H3. The topological polar surface area (TPSA) is 25.2 Å². The van der Waals surface area contributed by atoms with Gasteiger partial charge in [0.2, 0.25) is 0 Å². The molecule has 0 saturated carbocycles. The van der Waals surface area contributed by atoms with Gasteiger partial charge in [-0.25, -0.2) is 0 Å². The minimum absolute atomic E-state index is 0.0630. The van der Waals surface area contributed by atoms with E-state index < -0.39 is 0 Å². The van der Waals surface area contributed by atoms with Gasteiger partial charge in [0.15, 0.2) is 0 Å². The first-order valence-electron chi connectivity index (χ1n) is 6.47. The first kappa shape index (κ1) is 12.9. The van der Waals surface area contributed by atoms with Gasteiger partial charge >= 0.3 is 0 Å². The Kier molecular flexibility index (Phi) is 3.32. The highest BCUT2D eigenvalue weighted by molar-refractivity contribution is 7.07. The Bertz CT molecular complexity index is 743. The van der Waals surface area contributed by atoms with Gasteiger partial charge in [0.25, 0.3) is 5.91 Å². The fraction of sp³-hybridized carbons (Fsp3) is 0.188. The van der Waals surface area contributed by atoms with Gasteiger partial charge in [-0.3, -0.25) is 4.79 Å². The number of amides is 1. The molecule has 0 radical (unpaired) electrons. The Hall–Kier alpha value is -2.07. The van der Waals surface area contributed by atoms with Gasteiger partial charge in [-0.05, 0) is 28.5 Å². The summed E-state index contributed by atoms with van der Waals surface area (Å²) in [5.41, 5.74) is 3.02. The van der Waals surface area contributed by atoms with E-state index in [-0.39, 0.29) is 5.91 Å². The zero-order chi connectivity index (χ0) is 14.1. The van der Waals surface area contributed by atoms with Gasteiger partial charge in [-0.15, -0.1) is 0 Å². The fourth-order valence-corrected chi connectivity index (χ4v) is 3.11. The van der Waals surface area contributed by atoms with Crippen LogP contribution in [-0.2, 0) is 13.6 Å². The number of aryl methyl sites for hydroxylation is 1. The Morgan fingerprint density at radius 2 is 2.10 bits per heavy atom. The van der Waals surface area contributed by atoms with Crippen molar-refractivity contribution in [2.45, 2.75) is 6.54 Å². The summed E-state index contributed by atoms with van der Waals surface area (Å²) in [6.45, 7) is 0.644. The predicted octanol–water partition coefficient (Wildman–Crippen LogP) is 3.51. The van der Waals surface area contributed by atoms with Gasteiger partial charge in [-0.2, -0.15) is 11.3 Å². The minimum Gasteiger partial charge on any atom is -0.350 e. The van der Waals surface area contributed by atoms with Crippen LogP contribution in [0.15, 0.2) is 47.3 Å². The van der Waals surface area contributed by atoms with E-state index in [4.69, 9.17) is 0 Å². The maximum atomic E-state index is 12.6. The fourth-order valence-electron chi connectivity index (χ4n) is 2.45. The second kappa shape index (κ2) is 5.13. The van der Waals surface area contributed by atoms with E-state index in [2.05, 4.69) is 11.4 Å². The molecule has 0 aliphatic carbocycles. The highest BCUT2D eigenvalue weighted by Crippen LogP contribution is 2.22. The van der Waals surface area contributed by atoms with E-state index in [0.29, 0.717) is 6.54 Å². The number of carbonyl (C=O) groups excluding carboxylic acids is 1. The third kappa shape index (κ3) is 2.23. The summed E-state index contributed by atoms with van der Waals surface area (Å²) >= 11 is 1.65. The molecule has 0 saturated heterocycles. The summed E-state index contributed by atoms with van der Waals surface area (Å²) in [6.07, 6.45) is 1.91. The van der Waals surface area contributed by atoms with E-state index >= 15 is 0 Å². The molecule has 0 atom stereocenters. The summed E-state index contributed by atoms with van der Waals surface area (Å²) in [5.74, 6) is 0.0630. The normalized spacial score (nSPS) is 10.9. The van der Waals surface area contributed by atoms with Crippen LogP contribution >= 0.6 is 11.3 Å². The predicted molar refractivity (Wildman–Crippen MR) is 83.0 cm³/mol. The molecule has 4 heteroatoms. The third-order valence-electron chi connectivity index (χ3n) is 3.47. The van der Waals surface area contributed by atoms with Crippen molar-refractivity contribution in [1.29, 1.82) is 0 Å². The Labute approximate surface area is 122 Å². The molecule has 102 valence electrons. The quantitative estimate of drug-likeness (QED) is 0.722. The van der Waals surface area contributed by atoms with E-state index in [1.807, 2.05) is 54.5 Å². The second-order valence-corrected chi connectivity index (χ2v) is 5.74. The Balaban J connectivity index is 1.92. The molecular weight excluding hydrogens is 268 g/mol. The van der Waals surface area contributed by atoms with Crippen molar-refractivity contribution in [2.24, 2.45) is 7.05 Å². The van der Waals surface area contributed by atoms with Gasteiger partial charge in [0.05, 0.1) is 5.56 Å². The molecule has 3 aromatic rings. The molecule has 0 aliphatic rings. The van der Waals surface area contributed by atoms with Crippen molar-refractivity contribution in [2.75, 3.05) is 7.05 Å². The van der Waals surface area contributed by atoms with Crippen LogP contribution < -0.4 is 0 Å². The number of nitrogens with zero attached hydrogens (tertiary/aromatic N) is 2. The molecule has 3 rings (SSSR count). The number of rotatable bonds is 3. The van der Waals surface area contributed by atoms with Crippen LogP contribution in [0.5, 0.6) is 0 Å². The van der Waals surface area contributed by atoms with Crippen molar-refractivity contribution >= 4 is 28.1 Å². The van der Waals surface area contributed by atoms with Gasteiger partial charge in [-0.1, -0.05) is 18.2 Å². The summed E-state index contributed by atoms with van der Waals surface area (Å²) < 4.78 is 2.00. The van der Waals surface area contributed by atoms with Crippen LogP contribution in [-0.4, -0.2) is 22.4 Å². The zero-order valence-electron chi connectivity index (χ0n) is 11.5. The SMILES string of the molecule is CN(Cc1ccsc1)C(=O)c1cn(C)c2ccccc12. The Morgan fingerprint density at radius 1 is 1.30 bits per heavy atom. The van der Waals surface area contributed by atoms with Gasteiger partial charge < -0.3 is 9.47 Å². The highest BCUT2D eigenvalue weighted by atomic mass is 32.1. The lowest BCUT2D eigenvalue weighted by Crippen LogP contribution is -2.25. The molecule has 1 aromatic carbocycles. The Morgan fingerprint density at radius 3 is 2.85 bits per heavy atom. The van der Waals surface area contributed by atoms with Crippen LogP contribution in [0.25, 0.3) is 10.9 Å². The monoisotopic (exact) mass is 284 g/mol.